The Bertz CT molecular complexity index is 1460. The summed E-state index contributed by atoms with van der Waals surface area (Å²) in [6, 6.07) is 22.7. The average molecular weight is 342 g/mol. The zero-order valence-corrected chi connectivity index (χ0v) is 13.9. The topological polar surface area (TPSA) is 33.1 Å². The van der Waals surface area contributed by atoms with Crippen molar-refractivity contribution in [1.82, 2.24) is 14.4 Å². The molecule has 0 atom stereocenters. The van der Waals surface area contributed by atoms with Crippen LogP contribution >= 0.6 is 11.6 Å². The number of H-pyrrole nitrogens is 1. The molecule has 0 aliphatic heterocycles. The van der Waals surface area contributed by atoms with Crippen LogP contribution in [0.15, 0.2) is 66.7 Å². The summed E-state index contributed by atoms with van der Waals surface area (Å²) in [4.78, 5) is 8.52. The molecule has 6 rings (SSSR count). The van der Waals surface area contributed by atoms with Gasteiger partial charge in [0.25, 0.3) is 0 Å². The normalized spacial score (nSPS) is 12.2. The lowest BCUT2D eigenvalue weighted by Gasteiger charge is -2.06. The third-order valence-corrected chi connectivity index (χ3v) is 5.19. The summed E-state index contributed by atoms with van der Waals surface area (Å²) in [7, 11) is 0. The van der Waals surface area contributed by atoms with E-state index in [0.717, 1.165) is 49.0 Å². The molecule has 0 saturated heterocycles. The number of hydrogen-bond acceptors (Lipinski definition) is 1. The van der Waals surface area contributed by atoms with Gasteiger partial charge >= 0.3 is 0 Å². The molecule has 0 aliphatic carbocycles. The van der Waals surface area contributed by atoms with Gasteiger partial charge in [-0.25, -0.2) is 4.98 Å². The number of pyridine rings is 1. The number of fused-ring (bicyclic) bond motifs is 10. The summed E-state index contributed by atoms with van der Waals surface area (Å²) in [6.45, 7) is 0. The smallest absolute Gasteiger partial charge is 0.148 e. The fourth-order valence-corrected chi connectivity index (χ4v) is 4.09. The Labute approximate surface area is 147 Å². The van der Waals surface area contributed by atoms with E-state index in [0.29, 0.717) is 0 Å². The first-order valence-electron chi connectivity index (χ1n) is 8.20. The van der Waals surface area contributed by atoms with Gasteiger partial charge < -0.3 is 4.98 Å². The van der Waals surface area contributed by atoms with Crippen molar-refractivity contribution in [1.29, 1.82) is 0 Å². The van der Waals surface area contributed by atoms with Crippen LogP contribution < -0.4 is 0 Å². The van der Waals surface area contributed by atoms with Crippen molar-refractivity contribution >= 4 is 61.0 Å². The third-order valence-electron chi connectivity index (χ3n) is 4.96. The summed E-state index contributed by atoms with van der Waals surface area (Å²) in [6.07, 6.45) is 0. The van der Waals surface area contributed by atoms with Crippen molar-refractivity contribution in [3.63, 3.8) is 0 Å². The van der Waals surface area contributed by atoms with Crippen LogP contribution in [-0.2, 0) is 0 Å². The molecule has 3 nitrogen and oxygen atoms in total. The highest BCUT2D eigenvalue weighted by molar-refractivity contribution is 6.32. The van der Waals surface area contributed by atoms with Crippen molar-refractivity contribution in [2.24, 2.45) is 0 Å². The Morgan fingerprint density at radius 3 is 2.64 bits per heavy atom. The Kier molecular flexibility index (Phi) is 2.40. The van der Waals surface area contributed by atoms with E-state index in [9.17, 15) is 0 Å². The van der Waals surface area contributed by atoms with Crippen LogP contribution in [-0.4, -0.2) is 14.4 Å². The maximum Gasteiger partial charge on any atom is 0.148 e. The SMILES string of the molecule is Clc1ccc2c(c1)c1[nH]c3ccccc3c1c1nc3ccccc3n21. The fraction of sp³-hybridized carbons (Fsp3) is 0. The number of halogens is 1. The lowest BCUT2D eigenvalue weighted by Crippen LogP contribution is -1.90. The van der Waals surface area contributed by atoms with E-state index >= 15 is 0 Å². The van der Waals surface area contributed by atoms with Gasteiger partial charge in [0.15, 0.2) is 0 Å². The second-order valence-electron chi connectivity index (χ2n) is 6.34. The molecule has 6 aromatic rings. The van der Waals surface area contributed by atoms with Gasteiger partial charge in [0.2, 0.25) is 0 Å². The van der Waals surface area contributed by atoms with E-state index in [2.05, 4.69) is 51.8 Å². The molecule has 0 aliphatic rings. The number of aromatic amines is 1. The molecule has 25 heavy (non-hydrogen) atoms. The van der Waals surface area contributed by atoms with Gasteiger partial charge in [0.1, 0.15) is 5.65 Å². The number of para-hydroxylation sites is 3. The Hall–Kier alpha value is -3.04. The molecular formula is C21H12ClN3. The number of nitrogens with zero attached hydrogens (tertiary/aromatic N) is 2. The molecule has 118 valence electrons. The molecule has 0 amide bonds. The van der Waals surface area contributed by atoms with Gasteiger partial charge in [-0.15, -0.1) is 0 Å². The standard InChI is InChI=1S/C21H12ClN3/c22-12-9-10-17-14(11-12)20-19(13-5-1-2-6-15(13)23-20)21-24-16-7-3-4-8-18(16)25(17)21/h1-11,23H. The van der Waals surface area contributed by atoms with Gasteiger partial charge in [0.05, 0.1) is 27.5 Å². The number of aromatic nitrogens is 3. The Morgan fingerprint density at radius 1 is 0.840 bits per heavy atom. The number of hydrogen-bond donors (Lipinski definition) is 1. The average Bonchev–Trinajstić information content (AvgIpc) is 3.20. The minimum Gasteiger partial charge on any atom is -0.354 e. The van der Waals surface area contributed by atoms with Crippen LogP contribution in [0.5, 0.6) is 0 Å². The van der Waals surface area contributed by atoms with Crippen LogP contribution in [0.2, 0.25) is 5.02 Å². The molecule has 0 saturated carbocycles. The first kappa shape index (κ1) is 13.3. The summed E-state index contributed by atoms with van der Waals surface area (Å²) < 4.78 is 2.24. The monoisotopic (exact) mass is 341 g/mol. The van der Waals surface area contributed by atoms with Crippen molar-refractivity contribution in [3.05, 3.63) is 71.8 Å². The van der Waals surface area contributed by atoms with E-state index in [1.807, 2.05) is 24.3 Å². The first-order chi connectivity index (χ1) is 12.3. The third kappa shape index (κ3) is 1.63. The van der Waals surface area contributed by atoms with Crippen LogP contribution in [0.1, 0.15) is 0 Å². The van der Waals surface area contributed by atoms with Crippen LogP contribution in [0.3, 0.4) is 0 Å². The molecular weight excluding hydrogens is 330 g/mol. The summed E-state index contributed by atoms with van der Waals surface area (Å²) in [5.74, 6) is 0. The highest BCUT2D eigenvalue weighted by Crippen LogP contribution is 2.37. The number of imidazole rings is 1. The molecule has 4 heteroatoms. The Balaban J connectivity index is 2.07. The highest BCUT2D eigenvalue weighted by Gasteiger charge is 2.17. The zero-order valence-electron chi connectivity index (χ0n) is 13.1. The molecule has 0 radical (unpaired) electrons. The highest BCUT2D eigenvalue weighted by atomic mass is 35.5. The van der Waals surface area contributed by atoms with Gasteiger partial charge in [-0.3, -0.25) is 4.40 Å². The van der Waals surface area contributed by atoms with Gasteiger partial charge in [0, 0.05) is 21.3 Å². The second-order valence-corrected chi connectivity index (χ2v) is 6.78. The Morgan fingerprint density at radius 2 is 1.68 bits per heavy atom. The van der Waals surface area contributed by atoms with Gasteiger partial charge in [-0.1, -0.05) is 41.9 Å². The second kappa shape index (κ2) is 4.52. The maximum absolute atomic E-state index is 6.32. The largest absolute Gasteiger partial charge is 0.354 e. The maximum atomic E-state index is 6.32. The molecule has 1 N–H and O–H groups in total. The lowest BCUT2D eigenvalue weighted by molar-refractivity contribution is 1.31. The van der Waals surface area contributed by atoms with E-state index in [1.54, 1.807) is 0 Å². The first-order valence-corrected chi connectivity index (χ1v) is 8.58. The van der Waals surface area contributed by atoms with Gasteiger partial charge in [-0.05, 0) is 36.4 Å². The number of rotatable bonds is 0. The minimum atomic E-state index is 0.733. The number of benzene rings is 3. The summed E-state index contributed by atoms with van der Waals surface area (Å²) >= 11 is 6.32. The van der Waals surface area contributed by atoms with E-state index < -0.39 is 0 Å². The van der Waals surface area contributed by atoms with E-state index in [-0.39, 0.29) is 0 Å². The molecule has 3 heterocycles. The molecule has 0 bridgehead atoms. The molecule has 3 aromatic carbocycles. The zero-order chi connectivity index (χ0) is 16.5. The van der Waals surface area contributed by atoms with Crippen molar-refractivity contribution in [2.75, 3.05) is 0 Å². The predicted molar refractivity (Wildman–Crippen MR) is 105 cm³/mol. The van der Waals surface area contributed by atoms with Crippen LogP contribution in [0.25, 0.3) is 49.4 Å². The van der Waals surface area contributed by atoms with Crippen LogP contribution in [0, 0.1) is 0 Å². The lowest BCUT2D eigenvalue weighted by atomic mass is 10.1. The van der Waals surface area contributed by atoms with Gasteiger partial charge in [-0.2, -0.15) is 0 Å². The van der Waals surface area contributed by atoms with Crippen molar-refractivity contribution < 1.29 is 0 Å². The van der Waals surface area contributed by atoms with Crippen molar-refractivity contribution in [2.45, 2.75) is 0 Å². The molecule has 0 unspecified atom stereocenters. The van der Waals surface area contributed by atoms with E-state index in [1.165, 1.54) is 5.39 Å². The quantitative estimate of drug-likeness (QED) is 0.365. The minimum absolute atomic E-state index is 0.733. The summed E-state index contributed by atoms with van der Waals surface area (Å²) in [5, 5.41) is 4.16. The fourth-order valence-electron chi connectivity index (χ4n) is 3.92. The van der Waals surface area contributed by atoms with E-state index in [4.69, 9.17) is 16.6 Å². The van der Waals surface area contributed by atoms with Crippen LogP contribution in [0.4, 0.5) is 0 Å². The predicted octanol–water partition coefficient (Wildman–Crippen LogP) is 5.93. The van der Waals surface area contributed by atoms with Crippen molar-refractivity contribution in [3.8, 4) is 0 Å². The molecule has 0 spiro atoms. The number of nitrogens with one attached hydrogen (secondary N) is 1. The summed E-state index contributed by atoms with van der Waals surface area (Å²) in [5.41, 5.74) is 6.38. The molecule has 0 fully saturated rings. The molecule has 3 aromatic heterocycles.